The Labute approximate surface area is 121 Å². The maximum absolute atomic E-state index is 13.4. The van der Waals surface area contributed by atoms with Gasteiger partial charge >= 0.3 is 0 Å². The van der Waals surface area contributed by atoms with Gasteiger partial charge in [0.05, 0.1) is 13.2 Å². The second-order valence-electron chi connectivity index (χ2n) is 4.97. The van der Waals surface area contributed by atoms with Crippen molar-refractivity contribution in [3.63, 3.8) is 0 Å². The summed E-state index contributed by atoms with van der Waals surface area (Å²) in [7, 11) is 1.50. The summed E-state index contributed by atoms with van der Waals surface area (Å²) in [6.07, 6.45) is 0. The Morgan fingerprint density at radius 2 is 1.57 bits per heavy atom. The number of hydrogen-bond donors (Lipinski definition) is 1. The van der Waals surface area contributed by atoms with Crippen LogP contribution in [0.15, 0.2) is 24.3 Å². The number of rotatable bonds is 3. The van der Waals surface area contributed by atoms with Crippen molar-refractivity contribution in [2.24, 2.45) is 5.73 Å². The van der Waals surface area contributed by atoms with Gasteiger partial charge in [-0.25, -0.2) is 13.2 Å². The van der Waals surface area contributed by atoms with Crippen LogP contribution in [0.5, 0.6) is 5.75 Å². The second-order valence-corrected chi connectivity index (χ2v) is 4.97. The van der Waals surface area contributed by atoms with Crippen LogP contribution in [0.2, 0.25) is 0 Å². The number of benzene rings is 2. The fourth-order valence-electron chi connectivity index (χ4n) is 2.43. The molecule has 0 aliphatic carbocycles. The highest BCUT2D eigenvalue weighted by atomic mass is 19.2. The molecular weight excluding hydrogens is 279 g/mol. The molecule has 2 nitrogen and oxygen atoms in total. The van der Waals surface area contributed by atoms with Crippen LogP contribution in [-0.4, -0.2) is 7.11 Å². The molecule has 2 rings (SSSR count). The van der Waals surface area contributed by atoms with Crippen LogP contribution in [-0.2, 0) is 0 Å². The van der Waals surface area contributed by atoms with Crippen molar-refractivity contribution in [3.8, 4) is 5.75 Å². The molecule has 0 saturated heterocycles. The van der Waals surface area contributed by atoms with Gasteiger partial charge in [0.15, 0.2) is 17.5 Å². The molecule has 1 unspecified atom stereocenters. The average Bonchev–Trinajstić information content (AvgIpc) is 2.42. The highest BCUT2D eigenvalue weighted by Gasteiger charge is 2.20. The average molecular weight is 295 g/mol. The highest BCUT2D eigenvalue weighted by molar-refractivity contribution is 5.48. The Hall–Kier alpha value is -2.01. The first-order chi connectivity index (χ1) is 9.85. The topological polar surface area (TPSA) is 35.2 Å². The Morgan fingerprint density at radius 1 is 1.00 bits per heavy atom. The fraction of sp³-hybridized carbons (Fsp3) is 0.250. The van der Waals surface area contributed by atoms with Crippen molar-refractivity contribution in [3.05, 3.63) is 64.0 Å². The lowest BCUT2D eigenvalue weighted by Crippen LogP contribution is -2.16. The van der Waals surface area contributed by atoms with Crippen LogP contribution in [0.1, 0.15) is 28.3 Å². The summed E-state index contributed by atoms with van der Waals surface area (Å²) in [6, 6.07) is 4.68. The monoisotopic (exact) mass is 295 g/mol. The molecule has 2 N–H and O–H groups in total. The Balaban J connectivity index is 2.57. The van der Waals surface area contributed by atoms with Gasteiger partial charge in [0.1, 0.15) is 5.75 Å². The normalized spacial score (nSPS) is 12.3. The summed E-state index contributed by atoms with van der Waals surface area (Å²) in [5.41, 5.74) is 8.68. The third kappa shape index (κ3) is 2.88. The van der Waals surface area contributed by atoms with E-state index in [1.165, 1.54) is 7.11 Å². The predicted molar refractivity (Wildman–Crippen MR) is 74.8 cm³/mol. The van der Waals surface area contributed by atoms with Gasteiger partial charge in [-0.1, -0.05) is 6.07 Å². The molecule has 0 aliphatic rings. The van der Waals surface area contributed by atoms with E-state index in [-0.39, 0.29) is 5.56 Å². The first-order valence-corrected chi connectivity index (χ1v) is 6.40. The van der Waals surface area contributed by atoms with E-state index < -0.39 is 23.5 Å². The molecule has 2 aromatic carbocycles. The van der Waals surface area contributed by atoms with E-state index in [2.05, 4.69) is 0 Å². The minimum atomic E-state index is -1.50. The summed E-state index contributed by atoms with van der Waals surface area (Å²) >= 11 is 0. The van der Waals surface area contributed by atoms with E-state index in [0.29, 0.717) is 11.3 Å². The van der Waals surface area contributed by atoms with E-state index in [4.69, 9.17) is 10.5 Å². The quantitative estimate of drug-likeness (QED) is 0.875. The van der Waals surface area contributed by atoms with Gasteiger partial charge < -0.3 is 10.5 Å². The van der Waals surface area contributed by atoms with Crippen LogP contribution in [0.4, 0.5) is 13.2 Å². The van der Waals surface area contributed by atoms with E-state index >= 15 is 0 Å². The van der Waals surface area contributed by atoms with Crippen molar-refractivity contribution in [2.75, 3.05) is 7.11 Å². The molecule has 0 aromatic heterocycles. The Morgan fingerprint density at radius 3 is 2.10 bits per heavy atom. The Kier molecular flexibility index (Phi) is 4.23. The van der Waals surface area contributed by atoms with Crippen molar-refractivity contribution >= 4 is 0 Å². The highest BCUT2D eigenvalue weighted by Crippen LogP contribution is 2.33. The molecule has 0 bridgehead atoms. The first kappa shape index (κ1) is 15.4. The van der Waals surface area contributed by atoms with Gasteiger partial charge in [-0.3, -0.25) is 0 Å². The standard InChI is InChI=1S/C16H16F3NO/c1-8-4-9(2)14(13(5-8)21-3)16(20)10-6-11(17)15(19)12(18)7-10/h4-7,16H,20H2,1-3H3. The molecule has 0 amide bonds. The summed E-state index contributed by atoms with van der Waals surface area (Å²) in [4.78, 5) is 0. The third-order valence-electron chi connectivity index (χ3n) is 3.39. The zero-order chi connectivity index (χ0) is 15.7. The summed E-state index contributed by atoms with van der Waals surface area (Å²) in [5, 5.41) is 0. The molecule has 2 aromatic rings. The van der Waals surface area contributed by atoms with E-state index in [0.717, 1.165) is 23.3 Å². The number of aryl methyl sites for hydroxylation is 2. The van der Waals surface area contributed by atoms with Gasteiger partial charge in [-0.15, -0.1) is 0 Å². The van der Waals surface area contributed by atoms with Crippen LogP contribution >= 0.6 is 0 Å². The molecule has 0 aliphatic heterocycles. The van der Waals surface area contributed by atoms with Gasteiger partial charge in [-0.2, -0.15) is 0 Å². The number of ether oxygens (including phenoxy) is 1. The molecule has 0 heterocycles. The van der Waals surface area contributed by atoms with Gasteiger partial charge in [0.2, 0.25) is 0 Å². The van der Waals surface area contributed by atoms with Crippen LogP contribution in [0.25, 0.3) is 0 Å². The number of methoxy groups -OCH3 is 1. The molecule has 5 heteroatoms. The van der Waals surface area contributed by atoms with E-state index in [1.54, 1.807) is 6.07 Å². The lowest BCUT2D eigenvalue weighted by atomic mass is 9.93. The lowest BCUT2D eigenvalue weighted by Gasteiger charge is -2.20. The molecule has 21 heavy (non-hydrogen) atoms. The molecule has 0 radical (unpaired) electrons. The molecule has 0 fully saturated rings. The van der Waals surface area contributed by atoms with Crippen molar-refractivity contribution in [1.29, 1.82) is 0 Å². The summed E-state index contributed by atoms with van der Waals surface area (Å²) in [6.45, 7) is 3.74. The minimum absolute atomic E-state index is 0.150. The van der Waals surface area contributed by atoms with Gasteiger partial charge in [-0.05, 0) is 48.7 Å². The number of halogens is 3. The smallest absolute Gasteiger partial charge is 0.194 e. The van der Waals surface area contributed by atoms with Gasteiger partial charge in [0.25, 0.3) is 0 Å². The number of nitrogens with two attached hydrogens (primary N) is 1. The zero-order valence-electron chi connectivity index (χ0n) is 12.0. The zero-order valence-corrected chi connectivity index (χ0v) is 12.0. The molecule has 1 atom stereocenters. The Bertz CT molecular complexity index is 662. The molecule has 112 valence electrons. The molecule has 0 spiro atoms. The van der Waals surface area contributed by atoms with Crippen LogP contribution in [0, 0.1) is 31.3 Å². The number of hydrogen-bond acceptors (Lipinski definition) is 2. The predicted octanol–water partition coefficient (Wildman–Crippen LogP) is 3.78. The summed E-state index contributed by atoms with van der Waals surface area (Å²) < 4.78 is 45.1. The fourth-order valence-corrected chi connectivity index (χ4v) is 2.43. The lowest BCUT2D eigenvalue weighted by molar-refractivity contribution is 0.406. The minimum Gasteiger partial charge on any atom is -0.496 e. The second kappa shape index (κ2) is 5.77. The van der Waals surface area contributed by atoms with Gasteiger partial charge in [0, 0.05) is 5.56 Å². The largest absolute Gasteiger partial charge is 0.496 e. The van der Waals surface area contributed by atoms with Crippen molar-refractivity contribution in [2.45, 2.75) is 19.9 Å². The maximum atomic E-state index is 13.4. The molecule has 0 saturated carbocycles. The molecular formula is C16H16F3NO. The van der Waals surface area contributed by atoms with Crippen molar-refractivity contribution in [1.82, 2.24) is 0 Å². The SMILES string of the molecule is COc1cc(C)cc(C)c1C(N)c1cc(F)c(F)c(F)c1. The van der Waals surface area contributed by atoms with Crippen LogP contribution < -0.4 is 10.5 Å². The van der Waals surface area contributed by atoms with Crippen LogP contribution in [0.3, 0.4) is 0 Å². The van der Waals surface area contributed by atoms with E-state index in [9.17, 15) is 13.2 Å². The third-order valence-corrected chi connectivity index (χ3v) is 3.39. The maximum Gasteiger partial charge on any atom is 0.194 e. The van der Waals surface area contributed by atoms with E-state index in [1.807, 2.05) is 19.9 Å². The summed E-state index contributed by atoms with van der Waals surface area (Å²) in [5.74, 6) is -3.49. The first-order valence-electron chi connectivity index (χ1n) is 6.40. The van der Waals surface area contributed by atoms with Crippen molar-refractivity contribution < 1.29 is 17.9 Å².